The van der Waals surface area contributed by atoms with Crippen molar-refractivity contribution >= 4 is 17.5 Å². The summed E-state index contributed by atoms with van der Waals surface area (Å²) in [5.74, 6) is -2.87. The molecule has 226 valence electrons. The number of ether oxygens (including phenoxy) is 1. The molecule has 0 aliphatic rings. The van der Waals surface area contributed by atoms with Crippen molar-refractivity contribution in [2.24, 2.45) is 0 Å². The summed E-state index contributed by atoms with van der Waals surface area (Å²) in [6.45, 7) is -0.616. The average molecular weight is 606 g/mol. The molecule has 2 amide bonds. The van der Waals surface area contributed by atoms with Crippen molar-refractivity contribution in [1.29, 1.82) is 0 Å². The maximum Gasteiger partial charge on any atom is 0.573 e. The highest BCUT2D eigenvalue weighted by atomic mass is 19.4. The Balaban J connectivity index is 1.24. The Hall–Kier alpha value is -5.15. The topological polar surface area (TPSA) is 133 Å². The lowest BCUT2D eigenvalue weighted by Gasteiger charge is -2.12. The van der Waals surface area contributed by atoms with Gasteiger partial charge >= 0.3 is 6.36 Å². The second-order valence-electron chi connectivity index (χ2n) is 9.18. The number of amides is 2. The number of nitrogens with zero attached hydrogens (tertiary/aromatic N) is 5. The molecule has 16 heteroatoms. The maximum absolute atomic E-state index is 14.6. The Kier molecular flexibility index (Phi) is 9.80. The number of aryl methyl sites for hydroxylation is 1. The van der Waals surface area contributed by atoms with E-state index in [1.807, 2.05) is 0 Å². The minimum absolute atomic E-state index is 0.00621. The predicted octanol–water partition coefficient (Wildman–Crippen LogP) is 3.41. The van der Waals surface area contributed by atoms with E-state index in [0.717, 1.165) is 21.5 Å². The number of halogens is 5. The van der Waals surface area contributed by atoms with Gasteiger partial charge in [0.15, 0.2) is 5.69 Å². The fourth-order valence-corrected chi connectivity index (χ4v) is 3.83. The second-order valence-corrected chi connectivity index (χ2v) is 9.18. The van der Waals surface area contributed by atoms with Gasteiger partial charge in [-0.1, -0.05) is 35.5 Å². The lowest BCUT2D eigenvalue weighted by molar-refractivity contribution is -0.274. The Morgan fingerprint density at radius 3 is 2.53 bits per heavy atom. The highest BCUT2D eigenvalue weighted by molar-refractivity contribution is 5.92. The van der Waals surface area contributed by atoms with Crippen LogP contribution in [0.3, 0.4) is 0 Å². The molecule has 1 aromatic carbocycles. The number of carbonyl (C=O) groups excluding carboxylic acids is 2. The Bertz CT molecular complexity index is 1610. The van der Waals surface area contributed by atoms with Gasteiger partial charge in [-0.25, -0.2) is 9.07 Å². The molecular formula is C27H24F5N7O4. The molecule has 2 N–H and O–H groups in total. The Morgan fingerprint density at radius 1 is 1.07 bits per heavy atom. The molecule has 0 saturated heterocycles. The molecule has 43 heavy (non-hydrogen) atoms. The molecular weight excluding hydrogens is 581 g/mol. The molecule has 0 aliphatic carbocycles. The van der Waals surface area contributed by atoms with Crippen molar-refractivity contribution in [2.45, 2.75) is 45.0 Å². The van der Waals surface area contributed by atoms with Crippen molar-refractivity contribution in [2.75, 3.05) is 5.32 Å². The lowest BCUT2D eigenvalue weighted by atomic mass is 10.1. The number of alkyl halides is 4. The summed E-state index contributed by atoms with van der Waals surface area (Å²) in [6.07, 6.45) is -3.30. The van der Waals surface area contributed by atoms with E-state index in [-0.39, 0.29) is 49.6 Å². The highest BCUT2D eigenvalue weighted by Crippen LogP contribution is 2.21. The van der Waals surface area contributed by atoms with E-state index in [4.69, 9.17) is 0 Å². The minimum Gasteiger partial charge on any atom is -0.404 e. The summed E-state index contributed by atoms with van der Waals surface area (Å²) < 4.78 is 71.7. The Labute approximate surface area is 240 Å². The summed E-state index contributed by atoms with van der Waals surface area (Å²) >= 11 is 0. The van der Waals surface area contributed by atoms with Gasteiger partial charge < -0.3 is 19.9 Å². The molecule has 4 rings (SSSR count). The zero-order valence-electron chi connectivity index (χ0n) is 22.2. The average Bonchev–Trinajstić information content (AvgIpc) is 3.43. The molecule has 0 bridgehead atoms. The molecule has 11 nitrogen and oxygen atoms in total. The van der Waals surface area contributed by atoms with E-state index >= 15 is 0 Å². The quantitative estimate of drug-likeness (QED) is 0.237. The van der Waals surface area contributed by atoms with Crippen LogP contribution in [-0.4, -0.2) is 48.9 Å². The smallest absolute Gasteiger partial charge is 0.404 e. The van der Waals surface area contributed by atoms with Gasteiger partial charge in [0.2, 0.25) is 11.7 Å². The van der Waals surface area contributed by atoms with E-state index in [1.165, 1.54) is 24.5 Å². The van der Waals surface area contributed by atoms with Gasteiger partial charge in [0, 0.05) is 12.7 Å². The van der Waals surface area contributed by atoms with E-state index in [2.05, 4.69) is 30.7 Å². The first-order chi connectivity index (χ1) is 20.5. The van der Waals surface area contributed by atoms with Crippen molar-refractivity contribution in [1.82, 2.24) is 29.9 Å². The number of nitrogens with one attached hydrogen (secondary N) is 2. The molecule has 3 aromatic heterocycles. The first-order valence-corrected chi connectivity index (χ1v) is 12.7. The number of hydrogen-bond acceptors (Lipinski definition) is 7. The van der Waals surface area contributed by atoms with E-state index in [1.54, 1.807) is 30.3 Å². The van der Waals surface area contributed by atoms with Crippen molar-refractivity contribution in [3.8, 4) is 5.75 Å². The van der Waals surface area contributed by atoms with Crippen molar-refractivity contribution < 1.29 is 36.3 Å². The van der Waals surface area contributed by atoms with Crippen molar-refractivity contribution in [3.05, 3.63) is 100 Å². The number of benzene rings is 1. The van der Waals surface area contributed by atoms with Crippen LogP contribution in [0, 0.1) is 5.82 Å². The number of aromatic nitrogens is 5. The van der Waals surface area contributed by atoms with Crippen LogP contribution in [0.4, 0.5) is 27.6 Å². The summed E-state index contributed by atoms with van der Waals surface area (Å²) in [7, 11) is 0. The molecule has 0 radical (unpaired) electrons. The van der Waals surface area contributed by atoms with Gasteiger partial charge in [0.25, 0.3) is 11.5 Å². The first kappa shape index (κ1) is 30.8. The number of rotatable bonds is 12. The molecule has 0 fully saturated rings. The molecule has 3 heterocycles. The number of pyridine rings is 2. The second kappa shape index (κ2) is 13.7. The highest BCUT2D eigenvalue weighted by Gasteiger charge is 2.31. The third-order valence-electron chi connectivity index (χ3n) is 5.89. The molecule has 0 aliphatic heterocycles. The van der Waals surface area contributed by atoms with Crippen LogP contribution < -0.4 is 20.9 Å². The SMILES string of the molecule is O=C(Cc1ccccc1)Nc1ccn(CCC(F)Cn2cc(C(=O)NCc3ccc(OC(F)(F)F)cn3)nn2)c(=O)c1F. The number of anilines is 1. The standard InChI is InChI=1S/C27H24F5N7O4/c28-18(8-10-38-11-9-21(24(29)26(38)42)35-23(40)12-17-4-2-1-3-5-17)15-39-16-22(36-37-39)25(41)34-13-19-6-7-20(14-33-19)43-27(30,31)32/h1-7,9,11,14,16,18H,8,10,12-13,15H2,(H,34,41)(H,35,40). The molecule has 4 aromatic rings. The molecule has 0 saturated carbocycles. The molecule has 1 atom stereocenters. The van der Waals surface area contributed by atoms with E-state index in [9.17, 15) is 36.3 Å². The fourth-order valence-electron chi connectivity index (χ4n) is 3.83. The summed E-state index contributed by atoms with van der Waals surface area (Å²) in [5.41, 5.74) is -0.495. The third kappa shape index (κ3) is 9.17. The summed E-state index contributed by atoms with van der Waals surface area (Å²) in [6, 6.07) is 12.3. The number of carbonyl (C=O) groups is 2. The number of hydrogen-bond donors (Lipinski definition) is 2. The lowest BCUT2D eigenvalue weighted by Crippen LogP contribution is -2.27. The van der Waals surface area contributed by atoms with Gasteiger partial charge in [-0.15, -0.1) is 18.3 Å². The third-order valence-corrected chi connectivity index (χ3v) is 5.89. The monoisotopic (exact) mass is 605 g/mol. The summed E-state index contributed by atoms with van der Waals surface area (Å²) in [5, 5.41) is 12.2. The zero-order chi connectivity index (χ0) is 31.0. The Morgan fingerprint density at radius 2 is 1.84 bits per heavy atom. The van der Waals surface area contributed by atoms with Gasteiger partial charge in [-0.3, -0.25) is 19.4 Å². The van der Waals surface area contributed by atoms with Crippen LogP contribution in [-0.2, 0) is 30.8 Å². The van der Waals surface area contributed by atoms with Crippen LogP contribution in [0.15, 0.2) is 71.9 Å². The zero-order valence-corrected chi connectivity index (χ0v) is 22.2. The molecule has 0 spiro atoms. The fraction of sp³-hybridized carbons (Fsp3) is 0.259. The van der Waals surface area contributed by atoms with E-state index in [0.29, 0.717) is 5.56 Å². The molecule has 1 unspecified atom stereocenters. The van der Waals surface area contributed by atoms with Crippen LogP contribution in [0.2, 0.25) is 0 Å². The van der Waals surface area contributed by atoms with Crippen molar-refractivity contribution in [3.63, 3.8) is 0 Å². The minimum atomic E-state index is -4.85. The van der Waals surface area contributed by atoms with Crippen LogP contribution in [0.25, 0.3) is 0 Å². The first-order valence-electron chi connectivity index (χ1n) is 12.7. The van der Waals surface area contributed by atoms with Gasteiger partial charge in [0.05, 0.1) is 43.3 Å². The largest absolute Gasteiger partial charge is 0.573 e. The van der Waals surface area contributed by atoms with Crippen LogP contribution >= 0.6 is 0 Å². The van der Waals surface area contributed by atoms with Gasteiger partial charge in [-0.05, 0) is 30.2 Å². The van der Waals surface area contributed by atoms with Crippen LogP contribution in [0.1, 0.15) is 28.2 Å². The summed E-state index contributed by atoms with van der Waals surface area (Å²) in [4.78, 5) is 40.7. The van der Waals surface area contributed by atoms with Crippen LogP contribution in [0.5, 0.6) is 5.75 Å². The van der Waals surface area contributed by atoms with E-state index < -0.39 is 41.5 Å². The maximum atomic E-state index is 14.6. The van der Waals surface area contributed by atoms with Gasteiger partial charge in [0.1, 0.15) is 11.9 Å². The predicted molar refractivity (Wildman–Crippen MR) is 141 cm³/mol. The van der Waals surface area contributed by atoms with Gasteiger partial charge in [-0.2, -0.15) is 4.39 Å². The normalized spacial score (nSPS) is 12.0.